The average Bonchev–Trinajstić information content (AvgIpc) is 3.32. The first-order chi connectivity index (χ1) is 17.0. The van der Waals surface area contributed by atoms with E-state index in [2.05, 4.69) is 27.6 Å². The van der Waals surface area contributed by atoms with Crippen LogP contribution in [-0.2, 0) is 38.8 Å². The summed E-state index contributed by atoms with van der Waals surface area (Å²) in [5, 5.41) is 0. The first-order valence-electron chi connectivity index (χ1n) is 11.5. The summed E-state index contributed by atoms with van der Waals surface area (Å²) in [6.45, 7) is 3.80. The van der Waals surface area contributed by atoms with Crippen molar-refractivity contribution in [2.75, 3.05) is 33.3 Å². The van der Waals surface area contributed by atoms with Crippen molar-refractivity contribution in [3.8, 4) is 0 Å². The van der Waals surface area contributed by atoms with Gasteiger partial charge in [-0.05, 0) is 58.7 Å². The van der Waals surface area contributed by atoms with Crippen molar-refractivity contribution in [1.82, 2.24) is 4.90 Å². The normalized spacial score (nSPS) is 24.2. The van der Waals surface area contributed by atoms with Crippen molar-refractivity contribution in [2.24, 2.45) is 10.9 Å². The van der Waals surface area contributed by atoms with Crippen LogP contribution in [0, 0.1) is 9.49 Å². The molecule has 1 amide bonds. The third kappa shape index (κ3) is 3.70. The Morgan fingerprint density at radius 2 is 1.78 bits per heavy atom. The van der Waals surface area contributed by atoms with Crippen molar-refractivity contribution < 1.29 is 33.4 Å². The molecule has 11 heteroatoms. The lowest BCUT2D eigenvalue weighted by Crippen LogP contribution is -2.55. The van der Waals surface area contributed by atoms with Gasteiger partial charge in [0.15, 0.2) is 5.70 Å². The summed E-state index contributed by atoms with van der Waals surface area (Å²) in [5.74, 6) is -2.26. The fourth-order valence-corrected chi connectivity index (χ4v) is 6.12. The quantitative estimate of drug-likeness (QED) is 0.284. The molecular formula is C25H28IN3O7. The number of carbonyl (C=O) groups excluding carboxylic acids is 4. The highest BCUT2D eigenvalue weighted by Crippen LogP contribution is 2.57. The Kier molecular flexibility index (Phi) is 6.88. The number of hydrogen-bond donors (Lipinski definition) is 0. The molecule has 0 saturated carbocycles. The van der Waals surface area contributed by atoms with Crippen LogP contribution in [0.2, 0.25) is 0 Å². The van der Waals surface area contributed by atoms with Crippen molar-refractivity contribution >= 4 is 57.9 Å². The van der Waals surface area contributed by atoms with E-state index in [0.717, 1.165) is 14.8 Å². The maximum absolute atomic E-state index is 13.6. The van der Waals surface area contributed by atoms with Gasteiger partial charge in [-0.2, -0.15) is 0 Å². The van der Waals surface area contributed by atoms with Gasteiger partial charge in [0.25, 0.3) is 0 Å². The maximum atomic E-state index is 13.6. The van der Waals surface area contributed by atoms with E-state index in [1.54, 1.807) is 7.05 Å². The zero-order valence-electron chi connectivity index (χ0n) is 21.0. The van der Waals surface area contributed by atoms with E-state index in [4.69, 9.17) is 14.2 Å². The number of anilines is 1. The van der Waals surface area contributed by atoms with E-state index in [1.807, 2.05) is 36.9 Å². The average molecular weight is 609 g/mol. The largest absolute Gasteiger partial charge is 0.467 e. The minimum atomic E-state index is -1.09. The highest BCUT2D eigenvalue weighted by molar-refractivity contribution is 14.1. The van der Waals surface area contributed by atoms with Crippen LogP contribution in [0.5, 0.6) is 0 Å². The van der Waals surface area contributed by atoms with Gasteiger partial charge >= 0.3 is 17.9 Å². The van der Waals surface area contributed by atoms with Crippen LogP contribution in [0.1, 0.15) is 32.3 Å². The summed E-state index contributed by atoms with van der Waals surface area (Å²) >= 11 is 2.19. The molecule has 3 aliphatic rings. The number of benzene rings is 1. The van der Waals surface area contributed by atoms with Crippen molar-refractivity contribution in [1.29, 1.82) is 0 Å². The number of hydrogen-bond acceptors (Lipinski definition) is 9. The van der Waals surface area contributed by atoms with Crippen LogP contribution >= 0.6 is 22.6 Å². The number of nitrogens with zero attached hydrogens (tertiary/aromatic N) is 3. The number of fused-ring (bicyclic) bond motifs is 1. The summed E-state index contributed by atoms with van der Waals surface area (Å²) in [4.78, 5) is 60.6. The Balaban J connectivity index is 2.10. The summed E-state index contributed by atoms with van der Waals surface area (Å²) in [6.07, 6.45) is 0.281. The predicted octanol–water partition coefficient (Wildman–Crippen LogP) is 2.18. The Bertz CT molecular complexity index is 1220. The van der Waals surface area contributed by atoms with Gasteiger partial charge in [0.1, 0.15) is 11.9 Å². The summed E-state index contributed by atoms with van der Waals surface area (Å²) < 4.78 is 16.1. The molecule has 0 radical (unpaired) electrons. The smallest absolute Gasteiger partial charge is 0.357 e. The maximum Gasteiger partial charge on any atom is 0.357 e. The predicted molar refractivity (Wildman–Crippen MR) is 138 cm³/mol. The highest BCUT2D eigenvalue weighted by Gasteiger charge is 2.67. The second-order valence-electron chi connectivity index (χ2n) is 9.43. The van der Waals surface area contributed by atoms with E-state index in [0.29, 0.717) is 0 Å². The van der Waals surface area contributed by atoms with E-state index >= 15 is 0 Å². The SMILES string of the molecule is COC(=O)C1=C(C(=O)OC)C2N(C)c3ccc(I)cc3[C@@]23C[C@@H](C(=O)OC)N(C(=O)CC(C)C)C3=N1. The fraction of sp³-hybridized carbons (Fsp3) is 0.480. The number of rotatable bonds is 5. The molecule has 10 nitrogen and oxygen atoms in total. The van der Waals surface area contributed by atoms with Crippen LogP contribution < -0.4 is 4.90 Å². The highest BCUT2D eigenvalue weighted by atomic mass is 127. The number of aliphatic imine (C=N–C) groups is 1. The molecule has 192 valence electrons. The molecule has 1 aromatic rings. The van der Waals surface area contributed by atoms with Gasteiger partial charge in [-0.25, -0.2) is 19.4 Å². The molecule has 0 aromatic heterocycles. The first-order valence-corrected chi connectivity index (χ1v) is 12.5. The monoisotopic (exact) mass is 609 g/mol. The molecule has 4 rings (SSSR count). The van der Waals surface area contributed by atoms with Gasteiger partial charge in [0, 0.05) is 22.7 Å². The van der Waals surface area contributed by atoms with Gasteiger partial charge in [0.2, 0.25) is 5.91 Å². The number of methoxy groups -OCH3 is 3. The number of carbonyl (C=O) groups is 4. The zero-order chi connectivity index (χ0) is 26.5. The van der Waals surface area contributed by atoms with Crippen LogP contribution in [0.15, 0.2) is 34.5 Å². The van der Waals surface area contributed by atoms with E-state index in [9.17, 15) is 19.2 Å². The lowest BCUT2D eigenvalue weighted by atomic mass is 9.69. The van der Waals surface area contributed by atoms with E-state index in [1.165, 1.54) is 26.2 Å². The number of ether oxygens (including phenoxy) is 3. The molecule has 1 unspecified atom stereocenters. The summed E-state index contributed by atoms with van der Waals surface area (Å²) in [7, 11) is 5.49. The van der Waals surface area contributed by atoms with Crippen molar-refractivity contribution in [3.05, 3.63) is 38.6 Å². The van der Waals surface area contributed by atoms with Crippen molar-refractivity contribution in [2.45, 2.75) is 44.2 Å². The van der Waals surface area contributed by atoms with Crippen LogP contribution in [0.4, 0.5) is 5.69 Å². The van der Waals surface area contributed by atoms with Crippen LogP contribution in [0.3, 0.4) is 0 Å². The Hall–Kier alpha value is -2.96. The number of likely N-dealkylation sites (N-methyl/N-ethyl adjacent to an activating group) is 1. The Labute approximate surface area is 222 Å². The number of amidine groups is 1. The molecule has 0 N–H and O–H groups in total. The number of esters is 3. The van der Waals surface area contributed by atoms with Gasteiger partial charge in [-0.3, -0.25) is 9.69 Å². The van der Waals surface area contributed by atoms with E-state index in [-0.39, 0.29) is 41.8 Å². The zero-order valence-corrected chi connectivity index (χ0v) is 23.1. The number of halogens is 1. The Morgan fingerprint density at radius 1 is 1.11 bits per heavy atom. The minimum absolute atomic E-state index is 0.00747. The van der Waals surface area contributed by atoms with Crippen LogP contribution in [-0.4, -0.2) is 75.0 Å². The number of likely N-dealkylation sites (tertiary alicyclic amines) is 1. The molecule has 0 aliphatic carbocycles. The van der Waals surface area contributed by atoms with Crippen molar-refractivity contribution in [3.63, 3.8) is 0 Å². The molecule has 3 heterocycles. The third-order valence-corrected chi connectivity index (χ3v) is 7.65. The molecule has 1 fully saturated rings. The topological polar surface area (TPSA) is 115 Å². The van der Waals surface area contributed by atoms with E-state index < -0.39 is 35.4 Å². The van der Waals surface area contributed by atoms with Gasteiger partial charge in [-0.1, -0.05) is 13.8 Å². The van der Waals surface area contributed by atoms with Gasteiger partial charge in [0.05, 0.1) is 38.4 Å². The standard InChI is InChI=1S/C25H28IN3O7/c1-12(2)9-17(30)29-16(21(31)34-4)11-25-14-10-13(26)7-8-15(14)28(3)20(25)18(22(32)35-5)19(23(33)36-6)27-24(25)29/h7-8,10,12,16,20H,9,11H2,1-6H3/t16-,20?,25-/m0/s1. The second-order valence-corrected chi connectivity index (χ2v) is 10.7. The van der Waals surface area contributed by atoms with Gasteiger partial charge in [-0.15, -0.1) is 0 Å². The molecule has 3 aliphatic heterocycles. The molecule has 36 heavy (non-hydrogen) atoms. The molecule has 3 atom stereocenters. The lowest BCUT2D eigenvalue weighted by molar-refractivity contribution is -0.149. The minimum Gasteiger partial charge on any atom is -0.467 e. The van der Waals surface area contributed by atoms with Crippen LogP contribution in [0.25, 0.3) is 0 Å². The Morgan fingerprint density at radius 3 is 2.36 bits per heavy atom. The number of amides is 1. The molecule has 1 saturated heterocycles. The fourth-order valence-electron chi connectivity index (χ4n) is 5.63. The van der Waals surface area contributed by atoms with Gasteiger partial charge < -0.3 is 19.1 Å². The summed E-state index contributed by atoms with van der Waals surface area (Å²) in [6, 6.07) is 4.04. The molecule has 1 aromatic carbocycles. The second kappa shape index (κ2) is 9.49. The lowest BCUT2D eigenvalue weighted by Gasteiger charge is -2.39. The first kappa shape index (κ1) is 26.1. The molecule has 0 bridgehead atoms. The summed E-state index contributed by atoms with van der Waals surface area (Å²) in [5.41, 5.74) is 0.283. The molecule has 1 spiro atoms. The third-order valence-electron chi connectivity index (χ3n) is 6.98. The molecular weight excluding hydrogens is 581 g/mol.